The van der Waals surface area contributed by atoms with Gasteiger partial charge in [0, 0.05) is 19.2 Å². The van der Waals surface area contributed by atoms with Crippen molar-refractivity contribution in [1.82, 2.24) is 9.97 Å². The van der Waals surface area contributed by atoms with E-state index in [2.05, 4.69) is 20.7 Å². The number of hydrazine groups is 1. The van der Waals surface area contributed by atoms with Crippen LogP contribution >= 0.6 is 0 Å². The maximum absolute atomic E-state index is 8.61. The topological polar surface area (TPSA) is 96.1 Å². The maximum atomic E-state index is 8.61. The van der Waals surface area contributed by atoms with Gasteiger partial charge in [0.1, 0.15) is 17.5 Å². The number of aliphatic hydroxyl groups excluding tert-OH is 1. The van der Waals surface area contributed by atoms with Crippen LogP contribution in [-0.2, 0) is 0 Å². The molecule has 15 heavy (non-hydrogen) atoms. The van der Waals surface area contributed by atoms with Crippen LogP contribution in [0.5, 0.6) is 0 Å². The highest BCUT2D eigenvalue weighted by Gasteiger charge is 1.99. The number of nitrogens with one attached hydrogen (secondary N) is 2. The van der Waals surface area contributed by atoms with Gasteiger partial charge in [-0.15, -0.1) is 0 Å². The lowest BCUT2D eigenvalue weighted by Gasteiger charge is -2.07. The van der Waals surface area contributed by atoms with Crippen molar-refractivity contribution in [3.05, 3.63) is 11.9 Å². The molecule has 6 heteroatoms. The van der Waals surface area contributed by atoms with Crippen LogP contribution < -0.4 is 16.6 Å². The molecule has 0 aliphatic carbocycles. The first kappa shape index (κ1) is 11.7. The van der Waals surface area contributed by atoms with Gasteiger partial charge in [-0.3, -0.25) is 0 Å². The minimum Gasteiger partial charge on any atom is -0.396 e. The van der Waals surface area contributed by atoms with Crippen molar-refractivity contribution < 1.29 is 5.11 Å². The van der Waals surface area contributed by atoms with Crippen molar-refractivity contribution in [2.75, 3.05) is 23.9 Å². The molecule has 0 aromatic carbocycles. The Labute approximate surface area is 88.9 Å². The second-order valence-electron chi connectivity index (χ2n) is 3.19. The van der Waals surface area contributed by atoms with Gasteiger partial charge in [0.05, 0.1) is 0 Å². The first-order valence-corrected chi connectivity index (χ1v) is 4.93. The molecule has 0 aliphatic heterocycles. The summed E-state index contributed by atoms with van der Waals surface area (Å²) in [5.74, 6) is 7.26. The number of hydrogen-bond acceptors (Lipinski definition) is 6. The van der Waals surface area contributed by atoms with Gasteiger partial charge in [0.2, 0.25) is 0 Å². The van der Waals surface area contributed by atoms with Crippen LogP contribution in [0.25, 0.3) is 0 Å². The molecule has 84 valence electrons. The van der Waals surface area contributed by atoms with Gasteiger partial charge in [-0.05, 0) is 19.8 Å². The molecule has 0 unspecified atom stereocenters. The summed E-state index contributed by atoms with van der Waals surface area (Å²) in [6.07, 6.45) is 1.70. The van der Waals surface area contributed by atoms with Crippen LogP contribution in [0.2, 0.25) is 0 Å². The third kappa shape index (κ3) is 4.09. The van der Waals surface area contributed by atoms with Gasteiger partial charge in [-0.25, -0.2) is 15.8 Å². The molecule has 0 aliphatic rings. The molecule has 1 heterocycles. The molecule has 6 nitrogen and oxygen atoms in total. The Morgan fingerprint density at radius 1 is 1.33 bits per heavy atom. The fraction of sp³-hybridized carbons (Fsp3) is 0.556. The highest BCUT2D eigenvalue weighted by Crippen LogP contribution is 2.09. The molecule has 1 rings (SSSR count). The summed E-state index contributed by atoms with van der Waals surface area (Å²) in [6.45, 7) is 2.81. The van der Waals surface area contributed by atoms with Crippen LogP contribution in [0.1, 0.15) is 18.7 Å². The number of nitrogen functional groups attached to an aromatic ring is 1. The van der Waals surface area contributed by atoms with Crippen LogP contribution in [0.3, 0.4) is 0 Å². The van der Waals surface area contributed by atoms with Crippen LogP contribution in [0, 0.1) is 6.92 Å². The number of aliphatic hydroxyl groups is 1. The SMILES string of the molecule is Cc1nc(NN)cc(NCCCCO)n1. The summed E-state index contributed by atoms with van der Waals surface area (Å²) in [4.78, 5) is 8.27. The van der Waals surface area contributed by atoms with E-state index in [9.17, 15) is 0 Å². The van der Waals surface area contributed by atoms with Crippen molar-refractivity contribution in [3.63, 3.8) is 0 Å². The summed E-state index contributed by atoms with van der Waals surface area (Å²) in [5.41, 5.74) is 2.48. The first-order valence-electron chi connectivity index (χ1n) is 4.93. The largest absolute Gasteiger partial charge is 0.396 e. The Morgan fingerprint density at radius 3 is 2.73 bits per heavy atom. The zero-order valence-electron chi connectivity index (χ0n) is 8.82. The molecule has 0 radical (unpaired) electrons. The lowest BCUT2D eigenvalue weighted by Crippen LogP contribution is -2.11. The van der Waals surface area contributed by atoms with E-state index in [1.54, 1.807) is 13.0 Å². The van der Waals surface area contributed by atoms with E-state index >= 15 is 0 Å². The van der Waals surface area contributed by atoms with E-state index in [0.29, 0.717) is 11.6 Å². The number of anilines is 2. The second-order valence-corrected chi connectivity index (χ2v) is 3.19. The number of aromatic nitrogens is 2. The fourth-order valence-corrected chi connectivity index (χ4v) is 1.19. The lowest BCUT2D eigenvalue weighted by molar-refractivity contribution is 0.286. The van der Waals surface area contributed by atoms with Crippen molar-refractivity contribution in [2.24, 2.45) is 5.84 Å². The molecule has 0 saturated carbocycles. The summed E-state index contributed by atoms with van der Waals surface area (Å²) in [6, 6.07) is 1.74. The molecule has 1 aromatic heterocycles. The predicted molar refractivity (Wildman–Crippen MR) is 59.4 cm³/mol. The van der Waals surface area contributed by atoms with E-state index in [1.807, 2.05) is 0 Å². The summed E-state index contributed by atoms with van der Waals surface area (Å²) >= 11 is 0. The molecule has 0 amide bonds. The molecule has 0 saturated heterocycles. The average molecular weight is 211 g/mol. The van der Waals surface area contributed by atoms with Gasteiger partial charge < -0.3 is 15.8 Å². The van der Waals surface area contributed by atoms with Crippen molar-refractivity contribution >= 4 is 11.6 Å². The van der Waals surface area contributed by atoms with Crippen molar-refractivity contribution in [2.45, 2.75) is 19.8 Å². The first-order chi connectivity index (χ1) is 7.26. The molecular formula is C9H17N5O. The Kier molecular flexibility index (Phi) is 4.79. The number of nitrogens with zero attached hydrogens (tertiary/aromatic N) is 2. The standard InChI is InChI=1S/C9H17N5O/c1-7-12-8(6-9(13-7)14-10)11-4-2-3-5-15/h6,15H,2-5,10H2,1H3,(H2,11,12,13,14). The highest BCUT2D eigenvalue weighted by molar-refractivity contribution is 5.46. The Bertz CT molecular complexity index is 305. The zero-order chi connectivity index (χ0) is 11.1. The van der Waals surface area contributed by atoms with Gasteiger partial charge in [-0.2, -0.15) is 0 Å². The Hall–Kier alpha value is -1.40. The van der Waals surface area contributed by atoms with E-state index in [0.717, 1.165) is 25.2 Å². The number of hydrogen-bond donors (Lipinski definition) is 4. The molecule has 0 bridgehead atoms. The van der Waals surface area contributed by atoms with Crippen LogP contribution in [0.4, 0.5) is 11.6 Å². The van der Waals surface area contributed by atoms with E-state index < -0.39 is 0 Å². The Morgan fingerprint density at radius 2 is 2.07 bits per heavy atom. The Balaban J connectivity index is 2.49. The highest BCUT2D eigenvalue weighted by atomic mass is 16.2. The third-order valence-corrected chi connectivity index (χ3v) is 1.88. The predicted octanol–water partition coefficient (Wildman–Crippen LogP) is 0.255. The third-order valence-electron chi connectivity index (χ3n) is 1.88. The second kappa shape index (κ2) is 6.15. The molecule has 0 atom stereocenters. The zero-order valence-corrected chi connectivity index (χ0v) is 8.82. The molecule has 0 fully saturated rings. The number of nitrogens with two attached hydrogens (primary N) is 1. The number of rotatable bonds is 6. The van der Waals surface area contributed by atoms with Crippen LogP contribution in [0.15, 0.2) is 6.07 Å². The van der Waals surface area contributed by atoms with Gasteiger partial charge in [0.15, 0.2) is 0 Å². The molecule has 5 N–H and O–H groups in total. The lowest BCUT2D eigenvalue weighted by atomic mass is 10.3. The summed E-state index contributed by atoms with van der Waals surface area (Å²) < 4.78 is 0. The van der Waals surface area contributed by atoms with Gasteiger partial charge in [-0.1, -0.05) is 0 Å². The van der Waals surface area contributed by atoms with E-state index in [-0.39, 0.29) is 6.61 Å². The smallest absolute Gasteiger partial charge is 0.145 e. The van der Waals surface area contributed by atoms with Crippen molar-refractivity contribution in [1.29, 1.82) is 0 Å². The van der Waals surface area contributed by atoms with Crippen molar-refractivity contribution in [3.8, 4) is 0 Å². The number of aryl methyl sites for hydroxylation is 1. The average Bonchev–Trinajstić information content (AvgIpc) is 2.23. The monoisotopic (exact) mass is 211 g/mol. The number of unbranched alkanes of at least 4 members (excludes halogenated alkanes) is 1. The van der Waals surface area contributed by atoms with Crippen LogP contribution in [-0.4, -0.2) is 28.2 Å². The van der Waals surface area contributed by atoms with Gasteiger partial charge in [0.25, 0.3) is 0 Å². The summed E-state index contributed by atoms with van der Waals surface area (Å²) in [5, 5.41) is 11.7. The molecule has 0 spiro atoms. The molecule has 1 aromatic rings. The summed E-state index contributed by atoms with van der Waals surface area (Å²) in [7, 11) is 0. The maximum Gasteiger partial charge on any atom is 0.145 e. The van der Waals surface area contributed by atoms with E-state index in [1.165, 1.54) is 0 Å². The molecular weight excluding hydrogens is 194 g/mol. The normalized spacial score (nSPS) is 10.1. The van der Waals surface area contributed by atoms with Gasteiger partial charge >= 0.3 is 0 Å². The minimum absolute atomic E-state index is 0.222. The minimum atomic E-state index is 0.222. The quantitative estimate of drug-likeness (QED) is 0.306. The van der Waals surface area contributed by atoms with E-state index in [4.69, 9.17) is 10.9 Å². The fourth-order valence-electron chi connectivity index (χ4n) is 1.19.